The number of hydrogen-bond donors (Lipinski definition) is 2. The number of alkyl halides is 2. The number of carbonyl (C=O) groups is 1. The molecule has 3 aromatic heterocycles. The van der Waals surface area contributed by atoms with Crippen molar-refractivity contribution in [2.45, 2.75) is 18.8 Å². The molecule has 3 aromatic rings. The Hall–Kier alpha value is -3.56. The molecule has 10 heteroatoms. The van der Waals surface area contributed by atoms with E-state index in [1.807, 2.05) is 0 Å². The molecule has 0 bridgehead atoms. The lowest BCUT2D eigenvalue weighted by Gasteiger charge is -2.31. The molecule has 29 heavy (non-hydrogen) atoms. The Morgan fingerprint density at radius 3 is 2.59 bits per heavy atom. The fourth-order valence-electron chi connectivity index (χ4n) is 3.30. The standard InChI is InChI=1S/C19H18F2N6O2/c20-19(21)4-7-26(8-5-19)18(28)13-9-12-3-6-27(17(12)24-10-13)14-1-2-15(23-11-14)16(22)25-29/h1-3,6,9-11,29H,4-5,7-8H2,(H2,22,25). The highest BCUT2D eigenvalue weighted by molar-refractivity contribution is 5.97. The summed E-state index contributed by atoms with van der Waals surface area (Å²) in [5, 5.41) is 12.4. The minimum absolute atomic E-state index is 0.0309. The monoisotopic (exact) mass is 400 g/mol. The number of rotatable bonds is 3. The lowest BCUT2D eigenvalue weighted by Crippen LogP contribution is -2.42. The fourth-order valence-corrected chi connectivity index (χ4v) is 3.30. The summed E-state index contributed by atoms with van der Waals surface area (Å²) in [6.45, 7) is 0.0619. The first kappa shape index (κ1) is 18.8. The van der Waals surface area contributed by atoms with Crippen molar-refractivity contribution in [2.75, 3.05) is 13.1 Å². The molecule has 8 nitrogen and oxygen atoms in total. The van der Waals surface area contributed by atoms with Crippen LogP contribution in [0, 0.1) is 0 Å². The summed E-state index contributed by atoms with van der Waals surface area (Å²) in [7, 11) is 0. The largest absolute Gasteiger partial charge is 0.409 e. The second kappa shape index (κ2) is 7.12. The summed E-state index contributed by atoms with van der Waals surface area (Å²) in [4.78, 5) is 22.6. The number of carbonyl (C=O) groups excluding carboxylic acids is 1. The van der Waals surface area contributed by atoms with Gasteiger partial charge in [-0.25, -0.2) is 13.8 Å². The Bertz CT molecular complexity index is 1080. The summed E-state index contributed by atoms with van der Waals surface area (Å²) in [5.41, 5.74) is 7.54. The van der Waals surface area contributed by atoms with E-state index in [0.717, 1.165) is 5.39 Å². The third-order valence-corrected chi connectivity index (χ3v) is 4.95. The second-order valence-corrected chi connectivity index (χ2v) is 6.86. The molecule has 0 aliphatic carbocycles. The molecule has 1 aliphatic rings. The maximum absolute atomic E-state index is 13.3. The molecule has 1 aliphatic heterocycles. The van der Waals surface area contributed by atoms with Gasteiger partial charge in [0.25, 0.3) is 11.8 Å². The molecule has 0 atom stereocenters. The van der Waals surface area contributed by atoms with E-state index >= 15 is 0 Å². The van der Waals surface area contributed by atoms with Gasteiger partial charge in [0.1, 0.15) is 11.3 Å². The van der Waals surface area contributed by atoms with Gasteiger partial charge in [-0.2, -0.15) is 0 Å². The molecular weight excluding hydrogens is 382 g/mol. The summed E-state index contributed by atoms with van der Waals surface area (Å²) in [6.07, 6.45) is 4.15. The molecule has 0 saturated carbocycles. The molecule has 1 fully saturated rings. The molecular formula is C19H18F2N6O2. The van der Waals surface area contributed by atoms with Gasteiger partial charge in [0, 0.05) is 43.7 Å². The van der Waals surface area contributed by atoms with Crippen molar-refractivity contribution < 1.29 is 18.8 Å². The molecule has 4 rings (SSSR count). The third kappa shape index (κ3) is 3.60. The van der Waals surface area contributed by atoms with E-state index in [1.54, 1.807) is 41.2 Å². The van der Waals surface area contributed by atoms with Gasteiger partial charge < -0.3 is 15.8 Å². The molecule has 0 aromatic carbocycles. The first-order valence-corrected chi connectivity index (χ1v) is 8.96. The minimum atomic E-state index is -2.70. The molecule has 3 N–H and O–H groups in total. The molecule has 1 saturated heterocycles. The van der Waals surface area contributed by atoms with Gasteiger partial charge in [-0.1, -0.05) is 5.16 Å². The number of halogens is 2. The van der Waals surface area contributed by atoms with Crippen molar-refractivity contribution in [1.29, 1.82) is 0 Å². The summed E-state index contributed by atoms with van der Waals surface area (Å²) < 4.78 is 28.4. The van der Waals surface area contributed by atoms with Crippen LogP contribution in [0.25, 0.3) is 16.7 Å². The Kier molecular flexibility index (Phi) is 4.61. The van der Waals surface area contributed by atoms with Crippen LogP contribution < -0.4 is 5.73 Å². The van der Waals surface area contributed by atoms with Gasteiger partial charge in [0.05, 0.1) is 17.4 Å². The summed E-state index contributed by atoms with van der Waals surface area (Å²) in [5.74, 6) is -3.09. The van der Waals surface area contributed by atoms with Crippen LogP contribution in [0.15, 0.2) is 48.0 Å². The molecule has 4 heterocycles. The number of amidine groups is 1. The van der Waals surface area contributed by atoms with Gasteiger partial charge >= 0.3 is 0 Å². The smallest absolute Gasteiger partial charge is 0.255 e. The van der Waals surface area contributed by atoms with E-state index in [4.69, 9.17) is 10.9 Å². The average molecular weight is 400 g/mol. The Morgan fingerprint density at radius 2 is 1.93 bits per heavy atom. The van der Waals surface area contributed by atoms with E-state index in [9.17, 15) is 13.6 Å². The fraction of sp³-hybridized carbons (Fsp3) is 0.263. The number of aromatic nitrogens is 3. The summed E-state index contributed by atoms with van der Waals surface area (Å²) >= 11 is 0. The zero-order valence-electron chi connectivity index (χ0n) is 15.3. The highest BCUT2D eigenvalue weighted by Gasteiger charge is 2.35. The zero-order chi connectivity index (χ0) is 20.6. The normalized spacial score (nSPS) is 16.9. The van der Waals surface area contributed by atoms with Crippen LogP contribution in [0.4, 0.5) is 8.78 Å². The van der Waals surface area contributed by atoms with Crippen molar-refractivity contribution in [3.05, 3.63) is 54.1 Å². The van der Waals surface area contributed by atoms with Crippen molar-refractivity contribution in [2.24, 2.45) is 10.9 Å². The second-order valence-electron chi connectivity index (χ2n) is 6.86. The average Bonchev–Trinajstić information content (AvgIpc) is 3.16. The topological polar surface area (TPSA) is 110 Å². The van der Waals surface area contributed by atoms with Gasteiger partial charge in [-0.05, 0) is 24.3 Å². The Labute approximate surface area is 164 Å². The Balaban J connectivity index is 1.58. The van der Waals surface area contributed by atoms with Crippen LogP contribution >= 0.6 is 0 Å². The van der Waals surface area contributed by atoms with Crippen LogP contribution in [0.3, 0.4) is 0 Å². The number of oxime groups is 1. The predicted octanol–water partition coefficient (Wildman–Crippen LogP) is 2.39. The maximum atomic E-state index is 13.3. The third-order valence-electron chi connectivity index (χ3n) is 4.95. The van der Waals surface area contributed by atoms with E-state index in [0.29, 0.717) is 22.6 Å². The van der Waals surface area contributed by atoms with Gasteiger partial charge in [-0.3, -0.25) is 14.3 Å². The van der Waals surface area contributed by atoms with E-state index in [1.165, 1.54) is 11.1 Å². The maximum Gasteiger partial charge on any atom is 0.255 e. The molecule has 1 amide bonds. The number of nitrogens with zero attached hydrogens (tertiary/aromatic N) is 5. The van der Waals surface area contributed by atoms with Gasteiger partial charge in [0.15, 0.2) is 5.84 Å². The molecule has 150 valence electrons. The number of pyridine rings is 2. The minimum Gasteiger partial charge on any atom is -0.409 e. The van der Waals surface area contributed by atoms with Crippen LogP contribution in [0.5, 0.6) is 0 Å². The Morgan fingerprint density at radius 1 is 1.17 bits per heavy atom. The molecule has 0 radical (unpaired) electrons. The number of piperidine rings is 1. The van der Waals surface area contributed by atoms with Crippen LogP contribution in [0.2, 0.25) is 0 Å². The van der Waals surface area contributed by atoms with Crippen LogP contribution in [0.1, 0.15) is 28.9 Å². The van der Waals surface area contributed by atoms with Crippen LogP contribution in [-0.4, -0.2) is 55.4 Å². The van der Waals surface area contributed by atoms with Crippen molar-refractivity contribution in [3.8, 4) is 5.69 Å². The SMILES string of the molecule is N/C(=N\O)c1ccc(-n2ccc3cc(C(=O)N4CCC(F)(F)CC4)cnc32)cn1. The first-order valence-electron chi connectivity index (χ1n) is 8.96. The predicted molar refractivity (Wildman–Crippen MR) is 101 cm³/mol. The quantitative estimate of drug-likeness (QED) is 0.304. The molecule has 0 spiro atoms. The van der Waals surface area contributed by atoms with Crippen molar-refractivity contribution in [1.82, 2.24) is 19.4 Å². The van der Waals surface area contributed by atoms with Gasteiger partial charge in [-0.15, -0.1) is 0 Å². The van der Waals surface area contributed by atoms with Gasteiger partial charge in [0.2, 0.25) is 0 Å². The number of fused-ring (bicyclic) bond motifs is 1. The van der Waals surface area contributed by atoms with E-state index < -0.39 is 5.92 Å². The molecule has 0 unspecified atom stereocenters. The number of nitrogens with two attached hydrogens (primary N) is 1. The van der Waals surface area contributed by atoms with Crippen LogP contribution in [-0.2, 0) is 0 Å². The summed E-state index contributed by atoms with van der Waals surface area (Å²) in [6, 6.07) is 6.86. The number of likely N-dealkylation sites (tertiary alicyclic amines) is 1. The number of amides is 1. The van der Waals surface area contributed by atoms with Crippen molar-refractivity contribution >= 4 is 22.8 Å². The lowest BCUT2D eigenvalue weighted by molar-refractivity contribution is -0.0494. The van der Waals surface area contributed by atoms with E-state index in [2.05, 4.69) is 15.1 Å². The first-order chi connectivity index (χ1) is 13.9. The highest BCUT2D eigenvalue weighted by Crippen LogP contribution is 2.28. The number of hydrogen-bond acceptors (Lipinski definition) is 5. The van der Waals surface area contributed by atoms with Crippen molar-refractivity contribution in [3.63, 3.8) is 0 Å². The zero-order valence-corrected chi connectivity index (χ0v) is 15.3. The highest BCUT2D eigenvalue weighted by atomic mass is 19.3. The van der Waals surface area contributed by atoms with E-state index in [-0.39, 0.29) is 37.7 Å². The lowest BCUT2D eigenvalue weighted by atomic mass is 10.1.